The summed E-state index contributed by atoms with van der Waals surface area (Å²) in [6.45, 7) is 4.85. The Morgan fingerprint density at radius 1 is 0.968 bits per heavy atom. The molecule has 0 fully saturated rings. The third-order valence-corrected chi connectivity index (χ3v) is 4.89. The molecule has 7 N–H and O–H groups in total. The van der Waals surface area contributed by atoms with Gasteiger partial charge in [0.05, 0.1) is 6.04 Å². The first kappa shape index (κ1) is 26.2. The van der Waals surface area contributed by atoms with Crippen molar-refractivity contribution < 1.29 is 29.4 Å². The second kappa shape index (κ2) is 12.2. The normalized spacial score (nSPS) is 14.8. The van der Waals surface area contributed by atoms with Gasteiger partial charge in [-0.1, -0.05) is 26.0 Å². The highest BCUT2D eigenvalue weighted by molar-refractivity contribution is 7.80. The van der Waals surface area contributed by atoms with Crippen LogP contribution in [0.4, 0.5) is 0 Å². The molecule has 4 unspecified atom stereocenters. The van der Waals surface area contributed by atoms with E-state index in [2.05, 4.69) is 28.6 Å². The predicted molar refractivity (Wildman–Crippen MR) is 118 cm³/mol. The van der Waals surface area contributed by atoms with Crippen molar-refractivity contribution in [1.82, 2.24) is 16.0 Å². The number of benzene rings is 1. The maximum Gasteiger partial charge on any atom is 0.327 e. The molecule has 1 aromatic carbocycles. The lowest BCUT2D eigenvalue weighted by Crippen LogP contribution is -2.58. The van der Waals surface area contributed by atoms with Crippen molar-refractivity contribution in [2.75, 3.05) is 5.75 Å². The van der Waals surface area contributed by atoms with Crippen molar-refractivity contribution in [1.29, 1.82) is 0 Å². The van der Waals surface area contributed by atoms with Crippen molar-refractivity contribution in [3.8, 4) is 5.75 Å². The molecule has 10 nitrogen and oxygen atoms in total. The number of hydrogen-bond donors (Lipinski definition) is 7. The zero-order valence-electron chi connectivity index (χ0n) is 17.7. The number of carboxylic acids is 1. The largest absolute Gasteiger partial charge is 0.508 e. The number of phenolic OH excluding ortho intramolecular Hbond substituents is 1. The van der Waals surface area contributed by atoms with Crippen LogP contribution in [0, 0.1) is 5.92 Å². The molecule has 31 heavy (non-hydrogen) atoms. The lowest BCUT2D eigenvalue weighted by molar-refractivity contribution is -0.141. The fraction of sp³-hybridized carbons (Fsp3) is 0.500. The molecule has 1 rings (SSSR count). The van der Waals surface area contributed by atoms with Crippen molar-refractivity contribution in [2.24, 2.45) is 11.7 Å². The van der Waals surface area contributed by atoms with Crippen LogP contribution in [0.5, 0.6) is 5.75 Å². The van der Waals surface area contributed by atoms with E-state index in [1.165, 1.54) is 19.1 Å². The molecule has 1 aromatic rings. The fourth-order valence-corrected chi connectivity index (χ4v) is 2.87. The van der Waals surface area contributed by atoms with Gasteiger partial charge in [0.25, 0.3) is 0 Å². The van der Waals surface area contributed by atoms with Gasteiger partial charge in [-0.15, -0.1) is 0 Å². The highest BCUT2D eigenvalue weighted by Crippen LogP contribution is 2.11. The molecule has 11 heteroatoms. The summed E-state index contributed by atoms with van der Waals surface area (Å²) >= 11 is 3.87. The van der Waals surface area contributed by atoms with Crippen molar-refractivity contribution in [3.05, 3.63) is 29.8 Å². The molecule has 0 aliphatic heterocycles. The monoisotopic (exact) mass is 454 g/mol. The first-order valence-electron chi connectivity index (χ1n) is 9.74. The topological polar surface area (TPSA) is 171 Å². The molecule has 172 valence electrons. The van der Waals surface area contributed by atoms with Crippen LogP contribution >= 0.6 is 12.6 Å². The average Bonchev–Trinajstić information content (AvgIpc) is 2.70. The maximum absolute atomic E-state index is 12.6. The van der Waals surface area contributed by atoms with E-state index in [0.29, 0.717) is 0 Å². The third kappa shape index (κ3) is 8.46. The summed E-state index contributed by atoms with van der Waals surface area (Å²) in [4.78, 5) is 48.3. The summed E-state index contributed by atoms with van der Waals surface area (Å²) in [6, 6.07) is 2.17. The van der Waals surface area contributed by atoms with Gasteiger partial charge in [-0.2, -0.15) is 12.6 Å². The molecule has 0 heterocycles. The Kier molecular flexibility index (Phi) is 10.3. The minimum absolute atomic E-state index is 0.0977. The van der Waals surface area contributed by atoms with E-state index < -0.39 is 47.9 Å². The SMILES string of the molecule is CC(NC(=O)C(NC(=O)C(N)Cc1ccc(O)cc1)C(C)C)C(=O)NC(CS)C(=O)O. The summed E-state index contributed by atoms with van der Waals surface area (Å²) in [5.74, 6) is -3.37. The van der Waals surface area contributed by atoms with E-state index >= 15 is 0 Å². The maximum atomic E-state index is 12.6. The van der Waals surface area contributed by atoms with Crippen LogP contribution in [0.1, 0.15) is 26.3 Å². The quantitative estimate of drug-likeness (QED) is 0.219. The summed E-state index contributed by atoms with van der Waals surface area (Å²) in [5.41, 5.74) is 6.69. The van der Waals surface area contributed by atoms with Gasteiger partial charge in [-0.05, 0) is 37.0 Å². The molecule has 4 atom stereocenters. The highest BCUT2D eigenvalue weighted by Gasteiger charge is 2.29. The van der Waals surface area contributed by atoms with Crippen molar-refractivity contribution >= 4 is 36.3 Å². The Morgan fingerprint density at radius 2 is 1.55 bits per heavy atom. The number of carbonyl (C=O) groups is 4. The minimum atomic E-state index is -1.24. The van der Waals surface area contributed by atoms with E-state index in [1.54, 1.807) is 26.0 Å². The van der Waals surface area contributed by atoms with E-state index in [0.717, 1.165) is 5.56 Å². The van der Waals surface area contributed by atoms with Gasteiger partial charge in [0.15, 0.2) is 0 Å². The number of carboxylic acid groups (broad SMARTS) is 1. The summed E-state index contributed by atoms with van der Waals surface area (Å²) < 4.78 is 0. The zero-order valence-corrected chi connectivity index (χ0v) is 18.6. The second-order valence-electron chi connectivity index (χ2n) is 7.52. The first-order chi connectivity index (χ1) is 14.5. The Bertz CT molecular complexity index is 786. The molecule has 3 amide bonds. The van der Waals surface area contributed by atoms with Gasteiger partial charge < -0.3 is 31.9 Å². The molecule has 0 aliphatic rings. The Hall–Kier alpha value is -2.79. The number of aliphatic carboxylic acids is 1. The lowest BCUT2D eigenvalue weighted by Gasteiger charge is -2.25. The number of amides is 3. The number of rotatable bonds is 11. The van der Waals surface area contributed by atoms with Crippen LogP contribution < -0.4 is 21.7 Å². The Labute approximate surface area is 186 Å². The van der Waals surface area contributed by atoms with Crippen LogP contribution in [0.2, 0.25) is 0 Å². The number of nitrogens with two attached hydrogens (primary N) is 1. The van der Waals surface area contributed by atoms with Gasteiger partial charge >= 0.3 is 5.97 Å². The van der Waals surface area contributed by atoms with Crippen LogP contribution in [-0.2, 0) is 25.6 Å². The number of hydrogen-bond acceptors (Lipinski definition) is 7. The molecular formula is C20H30N4O6S. The Balaban J connectivity index is 2.71. The van der Waals surface area contributed by atoms with Gasteiger partial charge in [0.2, 0.25) is 17.7 Å². The number of thiol groups is 1. The second-order valence-corrected chi connectivity index (χ2v) is 7.88. The molecule has 0 aromatic heterocycles. The molecule has 0 saturated carbocycles. The molecule has 0 spiro atoms. The Morgan fingerprint density at radius 3 is 2.03 bits per heavy atom. The van der Waals surface area contributed by atoms with Crippen LogP contribution in [0.25, 0.3) is 0 Å². The van der Waals surface area contributed by atoms with E-state index in [4.69, 9.17) is 10.8 Å². The number of aromatic hydroxyl groups is 1. The summed E-state index contributed by atoms with van der Waals surface area (Å²) in [5, 5.41) is 25.7. The van der Waals surface area contributed by atoms with Crippen molar-refractivity contribution in [3.63, 3.8) is 0 Å². The standard InChI is InChI=1S/C20H30N4O6S/c1-10(2)16(19(28)22-11(3)17(26)23-15(9-31)20(29)30)24-18(27)14(21)8-12-4-6-13(25)7-5-12/h4-7,10-11,14-16,25,31H,8-9,21H2,1-3H3,(H,22,28)(H,23,26)(H,24,27)(H,29,30). The fourth-order valence-electron chi connectivity index (χ4n) is 2.62. The predicted octanol–water partition coefficient (Wildman–Crippen LogP) is -0.593. The van der Waals surface area contributed by atoms with Gasteiger partial charge in [-0.3, -0.25) is 14.4 Å². The lowest BCUT2D eigenvalue weighted by atomic mass is 10.0. The minimum Gasteiger partial charge on any atom is -0.508 e. The summed E-state index contributed by atoms with van der Waals surface area (Å²) in [6.07, 6.45) is 0.206. The smallest absolute Gasteiger partial charge is 0.327 e. The first-order valence-corrected chi connectivity index (χ1v) is 10.4. The summed E-state index contributed by atoms with van der Waals surface area (Å²) in [7, 11) is 0. The van der Waals surface area contributed by atoms with Gasteiger partial charge in [0, 0.05) is 5.75 Å². The van der Waals surface area contributed by atoms with Gasteiger partial charge in [0.1, 0.15) is 23.9 Å². The average molecular weight is 455 g/mol. The third-order valence-electron chi connectivity index (χ3n) is 4.52. The zero-order chi connectivity index (χ0) is 23.7. The van der Waals surface area contributed by atoms with E-state index in [9.17, 15) is 24.3 Å². The molecule has 0 radical (unpaired) electrons. The molecule has 0 saturated heterocycles. The van der Waals surface area contributed by atoms with Crippen LogP contribution in [0.3, 0.4) is 0 Å². The molecule has 0 bridgehead atoms. The molecule has 0 aliphatic carbocycles. The number of nitrogens with one attached hydrogen (secondary N) is 3. The van der Waals surface area contributed by atoms with Crippen LogP contribution in [-0.4, -0.2) is 63.8 Å². The number of phenols is 1. The number of carbonyl (C=O) groups excluding carboxylic acids is 3. The van der Waals surface area contributed by atoms with E-state index in [-0.39, 0.29) is 23.8 Å². The van der Waals surface area contributed by atoms with Crippen molar-refractivity contribution in [2.45, 2.75) is 51.4 Å². The van der Waals surface area contributed by atoms with E-state index in [1.807, 2.05) is 0 Å². The van der Waals surface area contributed by atoms with Gasteiger partial charge in [-0.25, -0.2) is 4.79 Å². The molecular weight excluding hydrogens is 424 g/mol. The van der Waals surface area contributed by atoms with Crippen LogP contribution in [0.15, 0.2) is 24.3 Å². The highest BCUT2D eigenvalue weighted by atomic mass is 32.1.